The molecule has 116 valence electrons. The molecule has 0 spiro atoms. The molecule has 4 fully saturated rings. The Morgan fingerprint density at radius 1 is 1.23 bits per heavy atom. The standard InChI is InChI=1S/C17H22N4O/c1-19-14-5-3-2-4-13(14)16(18-19)17(22)21-9-11-8-20-7-6-12(11)15(21)10-20/h2-5,11-12,15,17,22H,6-10H2,1H3/t11-,12-,15-,17?/m0/s1. The van der Waals surface area contributed by atoms with Crippen molar-refractivity contribution in [3.63, 3.8) is 0 Å². The highest BCUT2D eigenvalue weighted by molar-refractivity contribution is 5.82. The van der Waals surface area contributed by atoms with E-state index in [2.05, 4.69) is 27.0 Å². The minimum Gasteiger partial charge on any atom is -0.372 e. The molecule has 0 amide bonds. The maximum atomic E-state index is 11.0. The molecule has 22 heavy (non-hydrogen) atoms. The first-order valence-electron chi connectivity index (χ1n) is 8.30. The highest BCUT2D eigenvalue weighted by Crippen LogP contribution is 2.44. The fraction of sp³-hybridized carbons (Fsp3) is 0.588. The Labute approximate surface area is 130 Å². The fourth-order valence-electron chi connectivity index (χ4n) is 5.02. The van der Waals surface area contributed by atoms with Crippen LogP contribution in [0.3, 0.4) is 0 Å². The van der Waals surface area contributed by atoms with Gasteiger partial charge in [-0.05, 0) is 30.9 Å². The van der Waals surface area contributed by atoms with Crippen LogP contribution in [0.4, 0.5) is 0 Å². The molecule has 4 aliphatic heterocycles. The van der Waals surface area contributed by atoms with Crippen molar-refractivity contribution in [3.8, 4) is 0 Å². The van der Waals surface area contributed by atoms with Gasteiger partial charge in [-0.3, -0.25) is 9.58 Å². The number of piperidine rings is 3. The third-order valence-electron chi connectivity index (χ3n) is 6.03. The molecule has 5 heterocycles. The molecule has 5 atom stereocenters. The van der Waals surface area contributed by atoms with Gasteiger partial charge in [-0.15, -0.1) is 0 Å². The van der Waals surface area contributed by atoms with Crippen molar-refractivity contribution in [2.24, 2.45) is 18.9 Å². The molecular formula is C17H22N4O. The number of benzene rings is 1. The van der Waals surface area contributed by atoms with Crippen molar-refractivity contribution in [2.45, 2.75) is 18.7 Å². The van der Waals surface area contributed by atoms with E-state index in [0.29, 0.717) is 6.04 Å². The van der Waals surface area contributed by atoms with Crippen molar-refractivity contribution >= 4 is 10.9 Å². The minimum absolute atomic E-state index is 0.503. The number of para-hydroxylation sites is 1. The summed E-state index contributed by atoms with van der Waals surface area (Å²) in [4.78, 5) is 4.88. The fourth-order valence-corrected chi connectivity index (χ4v) is 5.02. The van der Waals surface area contributed by atoms with E-state index in [1.165, 1.54) is 19.5 Å². The normalized spacial score (nSPS) is 35.4. The lowest BCUT2D eigenvalue weighted by molar-refractivity contribution is -0.0345. The number of rotatable bonds is 2. The predicted molar refractivity (Wildman–Crippen MR) is 84.2 cm³/mol. The number of hydrogen-bond donors (Lipinski definition) is 1. The monoisotopic (exact) mass is 298 g/mol. The van der Waals surface area contributed by atoms with Gasteiger partial charge in [0, 0.05) is 38.1 Å². The van der Waals surface area contributed by atoms with Gasteiger partial charge in [-0.2, -0.15) is 5.10 Å². The van der Waals surface area contributed by atoms with E-state index in [9.17, 15) is 5.11 Å². The topological polar surface area (TPSA) is 44.5 Å². The molecule has 5 nitrogen and oxygen atoms in total. The first-order valence-corrected chi connectivity index (χ1v) is 8.30. The van der Waals surface area contributed by atoms with E-state index in [4.69, 9.17) is 0 Å². The third kappa shape index (κ3) is 1.67. The second kappa shape index (κ2) is 4.54. The Kier molecular flexibility index (Phi) is 2.69. The second-order valence-electron chi connectivity index (χ2n) is 7.14. The Morgan fingerprint density at radius 3 is 2.91 bits per heavy atom. The Hall–Kier alpha value is -1.43. The number of aliphatic hydroxyl groups excluding tert-OH is 1. The lowest BCUT2D eigenvalue weighted by atomic mass is 9.80. The van der Waals surface area contributed by atoms with E-state index in [-0.39, 0.29) is 0 Å². The van der Waals surface area contributed by atoms with E-state index in [1.807, 2.05) is 23.9 Å². The minimum atomic E-state index is -0.582. The van der Waals surface area contributed by atoms with E-state index >= 15 is 0 Å². The molecule has 1 N–H and O–H groups in total. The van der Waals surface area contributed by atoms with Gasteiger partial charge in [0.05, 0.1) is 5.52 Å². The van der Waals surface area contributed by atoms with E-state index in [1.54, 1.807) is 0 Å². The summed E-state index contributed by atoms with van der Waals surface area (Å²) in [7, 11) is 1.95. The van der Waals surface area contributed by atoms with Crippen LogP contribution >= 0.6 is 0 Å². The zero-order valence-corrected chi connectivity index (χ0v) is 12.9. The molecular weight excluding hydrogens is 276 g/mol. The highest BCUT2D eigenvalue weighted by Gasteiger charge is 2.51. The molecule has 2 aromatic rings. The molecule has 4 bridgehead atoms. The maximum Gasteiger partial charge on any atom is 0.153 e. The number of fused-ring (bicyclic) bond motifs is 2. The van der Waals surface area contributed by atoms with Gasteiger partial charge in [0.1, 0.15) is 5.69 Å². The summed E-state index contributed by atoms with van der Waals surface area (Å²) in [5, 5.41) is 16.7. The third-order valence-corrected chi connectivity index (χ3v) is 6.03. The molecule has 0 radical (unpaired) electrons. The summed E-state index contributed by atoms with van der Waals surface area (Å²) in [5.74, 6) is 1.51. The highest BCUT2D eigenvalue weighted by atomic mass is 16.3. The average molecular weight is 298 g/mol. The van der Waals surface area contributed by atoms with Gasteiger partial charge in [0.15, 0.2) is 6.23 Å². The van der Waals surface area contributed by atoms with Crippen LogP contribution in [0.2, 0.25) is 0 Å². The number of aromatic nitrogens is 2. The number of nitrogens with zero attached hydrogens (tertiary/aromatic N) is 4. The summed E-state index contributed by atoms with van der Waals surface area (Å²) < 4.78 is 1.88. The number of likely N-dealkylation sites (tertiary alicyclic amines) is 1. The van der Waals surface area contributed by atoms with Crippen molar-refractivity contribution in [1.82, 2.24) is 19.6 Å². The van der Waals surface area contributed by atoms with Gasteiger partial charge in [0.2, 0.25) is 0 Å². The van der Waals surface area contributed by atoms with Crippen LogP contribution in [-0.4, -0.2) is 56.9 Å². The van der Waals surface area contributed by atoms with Crippen LogP contribution in [0, 0.1) is 11.8 Å². The van der Waals surface area contributed by atoms with E-state index in [0.717, 1.165) is 41.5 Å². The Balaban J connectivity index is 1.53. The van der Waals surface area contributed by atoms with Crippen molar-refractivity contribution in [1.29, 1.82) is 0 Å². The summed E-state index contributed by atoms with van der Waals surface area (Å²) >= 11 is 0. The lowest BCUT2D eigenvalue weighted by Gasteiger charge is -2.45. The first kappa shape index (κ1) is 13.0. The number of aryl methyl sites for hydroxylation is 1. The van der Waals surface area contributed by atoms with Crippen LogP contribution in [0.1, 0.15) is 18.3 Å². The first-order chi connectivity index (χ1) is 10.7. The zero-order valence-electron chi connectivity index (χ0n) is 12.9. The van der Waals surface area contributed by atoms with Crippen molar-refractivity contribution < 1.29 is 5.11 Å². The molecule has 0 saturated carbocycles. The predicted octanol–water partition coefficient (Wildman–Crippen LogP) is 1.20. The van der Waals surface area contributed by atoms with Crippen LogP contribution in [0.5, 0.6) is 0 Å². The van der Waals surface area contributed by atoms with Gasteiger partial charge in [0.25, 0.3) is 0 Å². The molecule has 5 heteroatoms. The van der Waals surface area contributed by atoms with Crippen LogP contribution in [0.15, 0.2) is 24.3 Å². The van der Waals surface area contributed by atoms with Gasteiger partial charge >= 0.3 is 0 Å². The van der Waals surface area contributed by atoms with Crippen molar-refractivity contribution in [3.05, 3.63) is 30.0 Å². The Bertz CT molecular complexity index is 727. The van der Waals surface area contributed by atoms with Crippen LogP contribution in [-0.2, 0) is 7.05 Å². The SMILES string of the molecule is Cn1nc(C(O)N2C[C@@H]3CN4CC[C@@H]3[C@@H]2C4)c2ccccc21. The molecule has 2 unspecified atom stereocenters. The second-order valence-corrected chi connectivity index (χ2v) is 7.14. The summed E-state index contributed by atoms with van der Waals surface area (Å²) in [6.45, 7) is 4.59. The summed E-state index contributed by atoms with van der Waals surface area (Å²) in [6.07, 6.45) is 0.711. The molecule has 0 aliphatic carbocycles. The largest absolute Gasteiger partial charge is 0.372 e. The molecule has 1 aromatic heterocycles. The number of aliphatic hydroxyl groups is 1. The molecule has 4 saturated heterocycles. The van der Waals surface area contributed by atoms with Gasteiger partial charge < -0.3 is 10.0 Å². The average Bonchev–Trinajstić information content (AvgIpc) is 3.03. The van der Waals surface area contributed by atoms with E-state index < -0.39 is 6.23 Å². The quantitative estimate of drug-likeness (QED) is 0.905. The Morgan fingerprint density at radius 2 is 2.09 bits per heavy atom. The van der Waals surface area contributed by atoms with Crippen molar-refractivity contribution in [2.75, 3.05) is 26.2 Å². The summed E-state index contributed by atoms with van der Waals surface area (Å²) in [6, 6.07) is 8.68. The maximum absolute atomic E-state index is 11.0. The molecule has 4 aliphatic rings. The van der Waals surface area contributed by atoms with Gasteiger partial charge in [-0.25, -0.2) is 0 Å². The number of hydrogen-bond acceptors (Lipinski definition) is 4. The van der Waals surface area contributed by atoms with Crippen LogP contribution in [0.25, 0.3) is 10.9 Å². The lowest BCUT2D eigenvalue weighted by Crippen LogP contribution is -2.54. The molecule has 1 aromatic carbocycles. The summed E-state index contributed by atoms with van der Waals surface area (Å²) in [5.41, 5.74) is 1.90. The zero-order chi connectivity index (χ0) is 14.8. The van der Waals surface area contributed by atoms with Crippen LogP contribution < -0.4 is 0 Å². The molecule has 6 rings (SSSR count). The smallest absolute Gasteiger partial charge is 0.153 e. The van der Waals surface area contributed by atoms with Gasteiger partial charge in [-0.1, -0.05) is 18.2 Å².